The van der Waals surface area contributed by atoms with Crippen molar-refractivity contribution in [3.05, 3.63) is 85.1 Å². The molecule has 0 spiro atoms. The van der Waals surface area contributed by atoms with Crippen molar-refractivity contribution in [2.24, 2.45) is 0 Å². The molecular formula is C63H108O6. The maximum absolute atomic E-state index is 12.9. The monoisotopic (exact) mass is 961 g/mol. The third kappa shape index (κ3) is 55.4. The SMILES string of the molecule is CC/C=C\C/C=C\C/C=C\C/C=C\C/C=C\C/C=C\CCC(=O)OC[C@@H](COC(=O)CCCCCCCCCCCCCCCCCC)OC(=O)CCCCCCC/C=C\CCCCCCCCC. The second-order valence-electron chi connectivity index (χ2n) is 19.2. The van der Waals surface area contributed by atoms with Gasteiger partial charge in [0.15, 0.2) is 6.10 Å². The van der Waals surface area contributed by atoms with Crippen LogP contribution in [-0.4, -0.2) is 37.2 Å². The number of ether oxygens (including phenoxy) is 3. The molecular weight excluding hydrogens is 853 g/mol. The highest BCUT2D eigenvalue weighted by Gasteiger charge is 2.19. The van der Waals surface area contributed by atoms with Gasteiger partial charge in [0.1, 0.15) is 13.2 Å². The van der Waals surface area contributed by atoms with Crippen LogP contribution in [0, 0.1) is 0 Å². The van der Waals surface area contributed by atoms with Gasteiger partial charge in [-0.1, -0.05) is 260 Å². The standard InChI is InChI=1S/C63H108O6/c1-4-7-10-13-16-19-22-25-28-31-32-33-36-38-41-44-47-50-53-56-62(65)68-59-60(69-63(66)57-54-51-48-45-42-39-35-30-27-24-21-18-15-12-9-6-3)58-67-61(64)55-52-49-46-43-40-37-34-29-26-23-20-17-14-11-8-5-2/h7,10,16,19,25,28,30,32-33,35,38,41,47,50,60H,4-6,8-9,11-15,17-18,20-24,26-27,29,31,34,36-37,39-40,42-46,48-49,51-59H2,1-3H3/b10-7-,19-16-,28-25-,33-32-,35-30-,41-38-,50-47-/t60-/m1/s1. The number of unbranched alkanes of at least 4 members (excludes halogenated alkanes) is 27. The third-order valence-electron chi connectivity index (χ3n) is 12.4. The van der Waals surface area contributed by atoms with Crippen molar-refractivity contribution < 1.29 is 28.6 Å². The van der Waals surface area contributed by atoms with E-state index >= 15 is 0 Å². The first-order chi connectivity index (χ1) is 34.0. The Balaban J connectivity index is 4.49. The highest BCUT2D eigenvalue weighted by atomic mass is 16.6. The molecule has 0 aliphatic rings. The average Bonchev–Trinajstić information content (AvgIpc) is 3.35. The molecule has 0 N–H and O–H groups in total. The molecule has 0 aliphatic carbocycles. The molecule has 0 bridgehead atoms. The van der Waals surface area contributed by atoms with E-state index in [2.05, 4.69) is 99.8 Å². The Bertz CT molecular complexity index is 1330. The van der Waals surface area contributed by atoms with Crippen LogP contribution < -0.4 is 0 Å². The average molecular weight is 962 g/mol. The number of carbonyl (C=O) groups is 3. The lowest BCUT2D eigenvalue weighted by atomic mass is 10.0. The molecule has 69 heavy (non-hydrogen) atoms. The fourth-order valence-corrected chi connectivity index (χ4v) is 8.05. The molecule has 0 rings (SSSR count). The summed E-state index contributed by atoms with van der Waals surface area (Å²) in [5, 5.41) is 0. The van der Waals surface area contributed by atoms with Crippen LogP contribution in [0.5, 0.6) is 0 Å². The molecule has 0 aromatic rings. The maximum atomic E-state index is 12.9. The van der Waals surface area contributed by atoms with E-state index in [1.54, 1.807) is 0 Å². The summed E-state index contributed by atoms with van der Waals surface area (Å²) in [5.41, 5.74) is 0. The summed E-state index contributed by atoms with van der Waals surface area (Å²) >= 11 is 0. The van der Waals surface area contributed by atoms with E-state index in [9.17, 15) is 14.4 Å². The number of allylic oxidation sites excluding steroid dienone is 14. The van der Waals surface area contributed by atoms with Gasteiger partial charge >= 0.3 is 17.9 Å². The fraction of sp³-hybridized carbons (Fsp3) is 0.730. The molecule has 0 unspecified atom stereocenters. The second-order valence-corrected chi connectivity index (χ2v) is 19.2. The van der Waals surface area contributed by atoms with Gasteiger partial charge in [0.25, 0.3) is 0 Å². The van der Waals surface area contributed by atoms with E-state index in [4.69, 9.17) is 14.2 Å². The molecule has 396 valence electrons. The molecule has 6 heteroatoms. The van der Waals surface area contributed by atoms with Crippen LogP contribution in [0.25, 0.3) is 0 Å². The summed E-state index contributed by atoms with van der Waals surface area (Å²) in [6, 6.07) is 0. The summed E-state index contributed by atoms with van der Waals surface area (Å²) in [6.07, 6.45) is 74.4. The van der Waals surface area contributed by atoms with Crippen LogP contribution in [0.15, 0.2) is 85.1 Å². The first-order valence-corrected chi connectivity index (χ1v) is 29.1. The van der Waals surface area contributed by atoms with E-state index in [1.807, 2.05) is 6.08 Å². The molecule has 0 aromatic heterocycles. The van der Waals surface area contributed by atoms with Crippen molar-refractivity contribution in [2.45, 2.75) is 284 Å². The van der Waals surface area contributed by atoms with E-state index in [-0.39, 0.29) is 37.5 Å². The molecule has 0 heterocycles. The summed E-state index contributed by atoms with van der Waals surface area (Å²) in [4.78, 5) is 38.1. The van der Waals surface area contributed by atoms with Crippen molar-refractivity contribution in [1.82, 2.24) is 0 Å². The van der Waals surface area contributed by atoms with Crippen LogP contribution in [0.2, 0.25) is 0 Å². The van der Waals surface area contributed by atoms with Crippen molar-refractivity contribution >= 4 is 17.9 Å². The van der Waals surface area contributed by atoms with Gasteiger partial charge in [-0.25, -0.2) is 0 Å². The summed E-state index contributed by atoms with van der Waals surface area (Å²) < 4.78 is 16.8. The second kappa shape index (κ2) is 57.2. The Labute approximate surface area is 426 Å². The molecule has 0 radical (unpaired) electrons. The van der Waals surface area contributed by atoms with Gasteiger partial charge in [0.05, 0.1) is 0 Å². The van der Waals surface area contributed by atoms with E-state index in [0.29, 0.717) is 19.3 Å². The molecule has 0 saturated carbocycles. The molecule has 0 saturated heterocycles. The van der Waals surface area contributed by atoms with Gasteiger partial charge in [0.2, 0.25) is 0 Å². The van der Waals surface area contributed by atoms with Crippen LogP contribution >= 0.6 is 0 Å². The van der Waals surface area contributed by atoms with Crippen LogP contribution in [0.1, 0.15) is 278 Å². The zero-order valence-electron chi connectivity index (χ0n) is 45.3. The minimum atomic E-state index is -0.810. The highest BCUT2D eigenvalue weighted by molar-refractivity contribution is 5.71. The minimum Gasteiger partial charge on any atom is -0.462 e. The lowest BCUT2D eigenvalue weighted by Crippen LogP contribution is -2.30. The predicted molar refractivity (Wildman–Crippen MR) is 297 cm³/mol. The zero-order chi connectivity index (χ0) is 50.0. The Morgan fingerprint density at radius 3 is 0.971 bits per heavy atom. The third-order valence-corrected chi connectivity index (χ3v) is 12.4. The highest BCUT2D eigenvalue weighted by Crippen LogP contribution is 2.16. The maximum Gasteiger partial charge on any atom is 0.306 e. The minimum absolute atomic E-state index is 0.101. The molecule has 0 aliphatic heterocycles. The zero-order valence-corrected chi connectivity index (χ0v) is 45.3. The lowest BCUT2D eigenvalue weighted by molar-refractivity contribution is -0.166. The smallest absolute Gasteiger partial charge is 0.306 e. The van der Waals surface area contributed by atoms with Gasteiger partial charge in [0, 0.05) is 19.3 Å². The van der Waals surface area contributed by atoms with Gasteiger partial charge < -0.3 is 14.2 Å². The number of hydrogen-bond donors (Lipinski definition) is 0. The Morgan fingerprint density at radius 2 is 0.594 bits per heavy atom. The first kappa shape index (κ1) is 65.6. The molecule has 0 amide bonds. The Morgan fingerprint density at radius 1 is 0.304 bits per heavy atom. The lowest BCUT2D eigenvalue weighted by Gasteiger charge is -2.18. The van der Waals surface area contributed by atoms with Crippen LogP contribution in [0.4, 0.5) is 0 Å². The van der Waals surface area contributed by atoms with E-state index in [1.165, 1.54) is 141 Å². The molecule has 0 fully saturated rings. The summed E-state index contributed by atoms with van der Waals surface area (Å²) in [7, 11) is 0. The Hall–Kier alpha value is -3.41. The Kier molecular flexibility index (Phi) is 54.3. The molecule has 6 nitrogen and oxygen atoms in total. The van der Waals surface area contributed by atoms with E-state index in [0.717, 1.165) is 89.9 Å². The number of esters is 3. The largest absolute Gasteiger partial charge is 0.462 e. The summed E-state index contributed by atoms with van der Waals surface area (Å²) in [5.74, 6) is -0.989. The van der Waals surface area contributed by atoms with Gasteiger partial charge in [-0.3, -0.25) is 14.4 Å². The number of rotatable bonds is 52. The van der Waals surface area contributed by atoms with Gasteiger partial charge in [-0.2, -0.15) is 0 Å². The fourth-order valence-electron chi connectivity index (χ4n) is 8.05. The predicted octanol–water partition coefficient (Wildman–Crippen LogP) is 19.5. The summed E-state index contributed by atoms with van der Waals surface area (Å²) in [6.45, 7) is 6.47. The number of hydrogen-bond acceptors (Lipinski definition) is 6. The topological polar surface area (TPSA) is 78.9 Å². The van der Waals surface area contributed by atoms with Crippen molar-refractivity contribution in [3.8, 4) is 0 Å². The van der Waals surface area contributed by atoms with Gasteiger partial charge in [-0.15, -0.1) is 0 Å². The van der Waals surface area contributed by atoms with Crippen molar-refractivity contribution in [2.75, 3.05) is 13.2 Å². The van der Waals surface area contributed by atoms with Crippen LogP contribution in [-0.2, 0) is 28.6 Å². The van der Waals surface area contributed by atoms with Crippen LogP contribution in [0.3, 0.4) is 0 Å². The van der Waals surface area contributed by atoms with E-state index < -0.39 is 6.10 Å². The van der Waals surface area contributed by atoms with Crippen molar-refractivity contribution in [3.63, 3.8) is 0 Å². The quantitative estimate of drug-likeness (QED) is 0.0262. The number of carbonyl (C=O) groups excluding carboxylic acids is 3. The van der Waals surface area contributed by atoms with Crippen molar-refractivity contribution in [1.29, 1.82) is 0 Å². The normalized spacial score (nSPS) is 12.7. The van der Waals surface area contributed by atoms with Gasteiger partial charge in [-0.05, 0) is 83.5 Å². The molecule has 1 atom stereocenters. The molecule has 0 aromatic carbocycles. The first-order valence-electron chi connectivity index (χ1n) is 29.1.